The Morgan fingerprint density at radius 1 is 1.06 bits per heavy atom. The van der Waals surface area contributed by atoms with Crippen molar-refractivity contribution in [3.63, 3.8) is 0 Å². The first-order chi connectivity index (χ1) is 17.4. The van der Waals surface area contributed by atoms with Gasteiger partial charge in [-0.25, -0.2) is 9.97 Å². The zero-order valence-electron chi connectivity index (χ0n) is 22.8. The van der Waals surface area contributed by atoms with E-state index in [-0.39, 0.29) is 6.47 Å². The van der Waals surface area contributed by atoms with E-state index >= 15 is 0 Å². The van der Waals surface area contributed by atoms with Crippen molar-refractivity contribution in [1.82, 2.24) is 19.4 Å². The molecule has 4 rings (SSSR count). The summed E-state index contributed by atoms with van der Waals surface area (Å²) in [6.45, 7) is 9.87. The third kappa shape index (κ3) is 7.04. The minimum atomic E-state index is -0.250. The van der Waals surface area contributed by atoms with Crippen LogP contribution in [0.4, 0.5) is 5.82 Å². The van der Waals surface area contributed by atoms with Crippen LogP contribution in [-0.2, 0) is 24.3 Å². The van der Waals surface area contributed by atoms with Crippen molar-refractivity contribution in [2.45, 2.75) is 60.0 Å². The molecule has 2 aromatic heterocycles. The lowest BCUT2D eigenvalue weighted by Crippen LogP contribution is -2.10. The lowest BCUT2D eigenvalue weighted by atomic mass is 10.1. The normalized spacial score (nSPS) is 10.6. The molecule has 0 saturated heterocycles. The highest BCUT2D eigenvalue weighted by Crippen LogP contribution is 2.31. The molecule has 4 aromatic rings. The van der Waals surface area contributed by atoms with E-state index < -0.39 is 0 Å². The fraction of sp³-hybridized carbons (Fsp3) is 0.414. The molecule has 0 amide bonds. The van der Waals surface area contributed by atoms with Crippen molar-refractivity contribution in [3.05, 3.63) is 65.0 Å². The van der Waals surface area contributed by atoms with Gasteiger partial charge in [-0.1, -0.05) is 63.6 Å². The average Bonchev–Trinajstić information content (AvgIpc) is 3.22. The van der Waals surface area contributed by atoms with E-state index in [4.69, 9.17) is 19.9 Å². The zero-order valence-corrected chi connectivity index (χ0v) is 22.8. The largest absolute Gasteiger partial charge is 0.483 e. The summed E-state index contributed by atoms with van der Waals surface area (Å²) in [6.07, 6.45) is 3.25. The van der Waals surface area contributed by atoms with Crippen LogP contribution >= 0.6 is 0 Å². The lowest BCUT2D eigenvalue weighted by Gasteiger charge is -2.13. The summed E-state index contributed by atoms with van der Waals surface area (Å²) < 4.78 is 2.41. The van der Waals surface area contributed by atoms with Gasteiger partial charge in [-0.2, -0.15) is 0 Å². The molecule has 0 atom stereocenters. The van der Waals surface area contributed by atoms with Crippen LogP contribution in [0.3, 0.4) is 0 Å². The highest BCUT2D eigenvalue weighted by atomic mass is 16.3. The fourth-order valence-electron chi connectivity index (χ4n) is 4.21. The maximum absolute atomic E-state index is 8.36. The van der Waals surface area contributed by atoms with Crippen LogP contribution in [-0.4, -0.2) is 52.2 Å². The van der Waals surface area contributed by atoms with Crippen LogP contribution in [0.5, 0.6) is 0 Å². The van der Waals surface area contributed by atoms with E-state index in [0.29, 0.717) is 0 Å². The molecule has 0 aliphatic rings. The van der Waals surface area contributed by atoms with Gasteiger partial charge in [-0.3, -0.25) is 4.79 Å². The summed E-state index contributed by atoms with van der Waals surface area (Å²) in [7, 11) is 6.13. The molecule has 0 aliphatic carbocycles. The van der Waals surface area contributed by atoms with Gasteiger partial charge in [0.1, 0.15) is 11.3 Å². The van der Waals surface area contributed by atoms with Gasteiger partial charge in [0.05, 0.1) is 11.0 Å². The van der Waals surface area contributed by atoms with Gasteiger partial charge in [0.25, 0.3) is 6.47 Å². The van der Waals surface area contributed by atoms with E-state index in [0.717, 1.165) is 55.0 Å². The number of carboxylic acid groups (broad SMARTS) is 1. The van der Waals surface area contributed by atoms with Crippen LogP contribution in [0.25, 0.3) is 21.9 Å². The Kier molecular flexibility index (Phi) is 11.3. The summed E-state index contributed by atoms with van der Waals surface area (Å²) >= 11 is 0. The molecule has 0 bridgehead atoms. The smallest absolute Gasteiger partial charge is 0.290 e. The van der Waals surface area contributed by atoms with Gasteiger partial charge < -0.3 is 19.9 Å². The Morgan fingerprint density at radius 2 is 1.69 bits per heavy atom. The van der Waals surface area contributed by atoms with Crippen molar-refractivity contribution < 1.29 is 9.90 Å². The van der Waals surface area contributed by atoms with Gasteiger partial charge in [0, 0.05) is 31.9 Å². The van der Waals surface area contributed by atoms with Gasteiger partial charge in [-0.15, -0.1) is 0 Å². The maximum atomic E-state index is 8.36. The van der Waals surface area contributed by atoms with Crippen LogP contribution in [0.1, 0.15) is 56.1 Å². The third-order valence-electron chi connectivity index (χ3n) is 5.76. The van der Waals surface area contributed by atoms with Gasteiger partial charge in [0.15, 0.2) is 5.82 Å². The second kappa shape index (κ2) is 14.2. The van der Waals surface area contributed by atoms with E-state index in [1.54, 1.807) is 0 Å². The Labute approximate surface area is 215 Å². The molecule has 2 N–H and O–H groups in total. The molecule has 2 aromatic carbocycles. The summed E-state index contributed by atoms with van der Waals surface area (Å²) in [6, 6.07) is 15.5. The highest BCUT2D eigenvalue weighted by molar-refractivity contribution is 6.07. The topological polar surface area (TPSA) is 83.3 Å². The minimum Gasteiger partial charge on any atom is -0.483 e. The summed E-state index contributed by atoms with van der Waals surface area (Å²) in [4.78, 5) is 20.5. The summed E-state index contributed by atoms with van der Waals surface area (Å²) in [5, 5.41) is 11.3. The summed E-state index contributed by atoms with van der Waals surface area (Å²) in [5.74, 6) is 1.99. The monoisotopic (exact) mass is 491 g/mol. The van der Waals surface area contributed by atoms with E-state index in [1.165, 1.54) is 27.6 Å². The van der Waals surface area contributed by atoms with Crippen molar-refractivity contribution in [3.8, 4) is 0 Å². The number of fused-ring (bicyclic) bond motifs is 3. The molecule has 0 unspecified atom stereocenters. The molecular formula is C29H41N5O2. The number of hydrogen-bond acceptors (Lipinski definition) is 5. The van der Waals surface area contributed by atoms with E-state index in [1.807, 2.05) is 20.9 Å². The van der Waals surface area contributed by atoms with Crippen molar-refractivity contribution in [2.75, 3.05) is 26.5 Å². The Balaban J connectivity index is 0.000000850. The van der Waals surface area contributed by atoms with E-state index in [2.05, 4.69) is 85.2 Å². The molecule has 0 spiro atoms. The number of pyridine rings is 1. The Morgan fingerprint density at radius 3 is 2.28 bits per heavy atom. The number of imidazole rings is 1. The first-order valence-corrected chi connectivity index (χ1v) is 12.7. The van der Waals surface area contributed by atoms with Crippen LogP contribution < -0.4 is 5.32 Å². The number of rotatable bonds is 8. The average molecular weight is 492 g/mol. The molecule has 2 heterocycles. The van der Waals surface area contributed by atoms with Crippen LogP contribution in [0.2, 0.25) is 0 Å². The van der Waals surface area contributed by atoms with Gasteiger partial charge in [0.2, 0.25) is 0 Å². The van der Waals surface area contributed by atoms with Crippen molar-refractivity contribution >= 4 is 34.2 Å². The Bertz CT molecular complexity index is 1250. The number of nitrogens with zero attached hydrogens (tertiary/aromatic N) is 4. The molecule has 36 heavy (non-hydrogen) atoms. The molecular weight excluding hydrogens is 450 g/mol. The number of aromatic nitrogens is 3. The molecule has 0 radical (unpaired) electrons. The third-order valence-corrected chi connectivity index (χ3v) is 5.76. The number of aryl methyl sites for hydroxylation is 2. The summed E-state index contributed by atoms with van der Waals surface area (Å²) in [5.41, 5.74) is 7.00. The first-order valence-electron chi connectivity index (χ1n) is 12.7. The highest BCUT2D eigenvalue weighted by Gasteiger charge is 2.18. The molecule has 194 valence electrons. The lowest BCUT2D eigenvalue weighted by molar-refractivity contribution is -0.122. The van der Waals surface area contributed by atoms with E-state index in [9.17, 15) is 0 Å². The molecule has 0 saturated carbocycles. The van der Waals surface area contributed by atoms with Crippen LogP contribution in [0, 0.1) is 6.92 Å². The van der Waals surface area contributed by atoms with Crippen molar-refractivity contribution in [2.24, 2.45) is 0 Å². The van der Waals surface area contributed by atoms with Crippen LogP contribution in [0.15, 0.2) is 42.5 Å². The van der Waals surface area contributed by atoms with Gasteiger partial charge in [-0.05, 0) is 50.2 Å². The fourth-order valence-corrected chi connectivity index (χ4v) is 4.21. The van der Waals surface area contributed by atoms with Gasteiger partial charge >= 0.3 is 0 Å². The molecule has 0 aliphatic heterocycles. The number of hydrogen-bond donors (Lipinski definition) is 2. The zero-order chi connectivity index (χ0) is 26.7. The second-order valence-corrected chi connectivity index (χ2v) is 8.81. The quantitative estimate of drug-likeness (QED) is 0.289. The number of unbranched alkanes of at least 4 members (excludes halogenated alkanes) is 1. The number of anilines is 1. The molecule has 7 heteroatoms. The Hall–Kier alpha value is -3.45. The first kappa shape index (κ1) is 28.8. The SMILES string of the molecule is CC.CCCCc1nc2c(NC)nc3cc(C)ccc3c2n1Cc1ccc(CN(C)C)cc1.O=CO. The predicted molar refractivity (Wildman–Crippen MR) is 151 cm³/mol. The number of carbonyl (C=O) groups is 1. The standard InChI is InChI=1S/C26H33N5.C2H6.CH2O2/c1-6-7-8-23-29-24-25(21-14-9-18(2)15-22(21)28-26(24)27-3)31(23)17-20-12-10-19(11-13-20)16-30(4)5;1-2;2-1-3/h9-15H,6-8,16-17H2,1-5H3,(H,27,28);1-2H3;1H,(H,2,3). The molecule has 0 fully saturated rings. The molecule has 7 nitrogen and oxygen atoms in total. The number of benzene rings is 2. The second-order valence-electron chi connectivity index (χ2n) is 8.81. The number of nitrogens with one attached hydrogen (secondary N) is 1. The predicted octanol–water partition coefficient (Wildman–Crippen LogP) is 6.11. The van der Waals surface area contributed by atoms with Crippen molar-refractivity contribution in [1.29, 1.82) is 0 Å². The maximum Gasteiger partial charge on any atom is 0.290 e. The minimum absolute atomic E-state index is 0.250.